The minimum absolute atomic E-state index is 0.169. The van der Waals surface area contributed by atoms with Crippen molar-refractivity contribution in [3.8, 4) is 17.1 Å². The van der Waals surface area contributed by atoms with Crippen molar-refractivity contribution >= 4 is 0 Å². The summed E-state index contributed by atoms with van der Waals surface area (Å²) in [6.45, 7) is 13.6. The first-order chi connectivity index (χ1) is 17.8. The van der Waals surface area contributed by atoms with Gasteiger partial charge in [-0.25, -0.2) is 0 Å². The van der Waals surface area contributed by atoms with Gasteiger partial charge in [0.15, 0.2) is 0 Å². The molecule has 0 bridgehead atoms. The van der Waals surface area contributed by atoms with Crippen molar-refractivity contribution in [2.75, 3.05) is 7.11 Å². The average molecular weight is 494 g/mol. The molecule has 37 heavy (non-hydrogen) atoms. The Morgan fingerprint density at radius 3 is 1.92 bits per heavy atom. The van der Waals surface area contributed by atoms with Gasteiger partial charge in [-0.3, -0.25) is 4.90 Å². The number of ether oxygens (including phenoxy) is 1. The highest BCUT2D eigenvalue weighted by atomic mass is 16.5. The van der Waals surface area contributed by atoms with Crippen LogP contribution in [0, 0.1) is 13.8 Å². The second kappa shape index (κ2) is 10.2. The van der Waals surface area contributed by atoms with Gasteiger partial charge in [-0.15, -0.1) is 0 Å². The monoisotopic (exact) mass is 493 g/mol. The van der Waals surface area contributed by atoms with E-state index in [9.17, 15) is 0 Å². The molecule has 192 valence electrons. The minimum atomic E-state index is 0.169. The third kappa shape index (κ3) is 4.51. The van der Waals surface area contributed by atoms with E-state index in [4.69, 9.17) is 9.15 Å². The fourth-order valence-electron chi connectivity index (χ4n) is 6.52. The zero-order chi connectivity index (χ0) is 26.3. The Labute approximate surface area is 222 Å². The van der Waals surface area contributed by atoms with Gasteiger partial charge in [-0.2, -0.15) is 0 Å². The van der Waals surface area contributed by atoms with Crippen LogP contribution >= 0.6 is 0 Å². The first kappa shape index (κ1) is 25.4. The van der Waals surface area contributed by atoms with Crippen LogP contribution in [0.25, 0.3) is 11.3 Å². The van der Waals surface area contributed by atoms with Crippen LogP contribution in [0.3, 0.4) is 0 Å². The fourth-order valence-corrected chi connectivity index (χ4v) is 6.52. The molecule has 5 rings (SSSR count). The number of hydrogen-bond donors (Lipinski definition) is 0. The van der Waals surface area contributed by atoms with Crippen LogP contribution in [0.15, 0.2) is 83.3 Å². The van der Waals surface area contributed by atoms with Gasteiger partial charge in [0.05, 0.1) is 7.11 Å². The molecule has 1 aliphatic rings. The van der Waals surface area contributed by atoms with Gasteiger partial charge in [0, 0.05) is 46.7 Å². The van der Waals surface area contributed by atoms with E-state index in [1.165, 1.54) is 27.8 Å². The number of methoxy groups -OCH3 is 1. The molecule has 0 saturated carbocycles. The summed E-state index contributed by atoms with van der Waals surface area (Å²) in [4.78, 5) is 2.68. The number of benzene rings is 3. The summed E-state index contributed by atoms with van der Waals surface area (Å²) in [7, 11) is 1.73. The number of hydrogen-bond acceptors (Lipinski definition) is 3. The summed E-state index contributed by atoms with van der Waals surface area (Å²) in [6.07, 6.45) is 0. The second-order valence-electron chi connectivity index (χ2n) is 10.9. The Morgan fingerprint density at radius 2 is 1.35 bits per heavy atom. The summed E-state index contributed by atoms with van der Waals surface area (Å²) < 4.78 is 12.2. The molecule has 0 fully saturated rings. The second-order valence-corrected chi connectivity index (χ2v) is 10.9. The van der Waals surface area contributed by atoms with Gasteiger partial charge >= 0.3 is 0 Å². The molecule has 0 amide bonds. The van der Waals surface area contributed by atoms with Crippen LogP contribution in [0.4, 0.5) is 0 Å². The Morgan fingerprint density at radius 1 is 0.730 bits per heavy atom. The maximum Gasteiger partial charge on any atom is 0.139 e. The van der Waals surface area contributed by atoms with E-state index in [0.717, 1.165) is 22.8 Å². The number of rotatable bonds is 7. The third-order valence-electron chi connectivity index (χ3n) is 7.96. The Kier molecular flexibility index (Phi) is 7.00. The standard InChI is InChI=1S/C34H39NO2/c1-21(2)35(22(3)4)33-31(26-17-19-28(36-7)20-18-26)30(25-11-9-8-10-12-25)29-24(6)37-34(32(29)33)27-15-13-23(5)14-16-27/h8-22,30-31,33H,1-7H3/t30-,31+,33-/m1/s1. The smallest absolute Gasteiger partial charge is 0.139 e. The fraction of sp³-hybridized carbons (Fsp3) is 0.353. The predicted molar refractivity (Wildman–Crippen MR) is 152 cm³/mol. The zero-order valence-corrected chi connectivity index (χ0v) is 23.2. The molecule has 0 unspecified atom stereocenters. The van der Waals surface area contributed by atoms with E-state index in [1.54, 1.807) is 7.11 Å². The van der Waals surface area contributed by atoms with Gasteiger partial charge < -0.3 is 9.15 Å². The van der Waals surface area contributed by atoms with Crippen molar-refractivity contribution < 1.29 is 9.15 Å². The SMILES string of the molecule is COc1ccc([C@H]2[C@H](c3ccccc3)c3c(C)oc(-c4ccc(C)cc4)c3[C@@H]2N(C(C)C)C(C)C)cc1. The van der Waals surface area contributed by atoms with Gasteiger partial charge in [0.2, 0.25) is 0 Å². The van der Waals surface area contributed by atoms with E-state index in [1.807, 2.05) is 0 Å². The zero-order valence-electron chi connectivity index (χ0n) is 23.2. The van der Waals surface area contributed by atoms with Gasteiger partial charge in [0.1, 0.15) is 17.3 Å². The Bertz CT molecular complexity index is 1330. The van der Waals surface area contributed by atoms with Crippen LogP contribution in [-0.2, 0) is 0 Å². The first-order valence-corrected chi connectivity index (χ1v) is 13.5. The molecule has 0 spiro atoms. The topological polar surface area (TPSA) is 25.6 Å². The van der Waals surface area contributed by atoms with Crippen LogP contribution in [-0.4, -0.2) is 24.1 Å². The molecule has 3 atom stereocenters. The summed E-state index contributed by atoms with van der Waals surface area (Å²) >= 11 is 0. The van der Waals surface area contributed by atoms with Gasteiger partial charge in [-0.1, -0.05) is 72.3 Å². The van der Waals surface area contributed by atoms with E-state index < -0.39 is 0 Å². The van der Waals surface area contributed by atoms with E-state index in [-0.39, 0.29) is 17.9 Å². The lowest BCUT2D eigenvalue weighted by molar-refractivity contribution is 0.0972. The number of furan rings is 1. The summed E-state index contributed by atoms with van der Waals surface area (Å²) in [6, 6.07) is 29.4. The third-order valence-corrected chi connectivity index (χ3v) is 7.96. The largest absolute Gasteiger partial charge is 0.497 e. The molecular formula is C34H39NO2. The molecule has 1 aromatic heterocycles. The van der Waals surface area contributed by atoms with Crippen LogP contribution in [0.1, 0.15) is 79.2 Å². The van der Waals surface area contributed by atoms with Crippen molar-refractivity contribution in [3.63, 3.8) is 0 Å². The minimum Gasteiger partial charge on any atom is -0.497 e. The van der Waals surface area contributed by atoms with Crippen LogP contribution in [0.5, 0.6) is 5.75 Å². The van der Waals surface area contributed by atoms with Crippen molar-refractivity contribution in [3.05, 3.63) is 112 Å². The molecule has 0 radical (unpaired) electrons. The molecule has 0 N–H and O–H groups in total. The molecule has 3 heteroatoms. The lowest BCUT2D eigenvalue weighted by Crippen LogP contribution is -2.42. The van der Waals surface area contributed by atoms with Crippen LogP contribution < -0.4 is 4.74 Å². The highest BCUT2D eigenvalue weighted by Crippen LogP contribution is 2.60. The molecule has 1 heterocycles. The molecule has 3 nitrogen and oxygen atoms in total. The molecule has 0 aliphatic heterocycles. The predicted octanol–water partition coefficient (Wildman–Crippen LogP) is 8.66. The maximum absolute atomic E-state index is 6.68. The Balaban J connectivity index is 1.82. The van der Waals surface area contributed by atoms with Crippen molar-refractivity contribution in [2.45, 2.75) is 71.5 Å². The van der Waals surface area contributed by atoms with Crippen molar-refractivity contribution in [1.29, 1.82) is 0 Å². The van der Waals surface area contributed by atoms with E-state index >= 15 is 0 Å². The maximum atomic E-state index is 6.68. The molecule has 1 aliphatic carbocycles. The summed E-state index contributed by atoms with van der Waals surface area (Å²) in [5.41, 5.74) is 7.76. The molecular weight excluding hydrogens is 454 g/mol. The Hall–Kier alpha value is -3.30. The van der Waals surface area contributed by atoms with E-state index in [2.05, 4.69) is 125 Å². The summed E-state index contributed by atoms with van der Waals surface area (Å²) in [5, 5.41) is 0. The lowest BCUT2D eigenvalue weighted by atomic mass is 9.79. The quantitative estimate of drug-likeness (QED) is 0.258. The first-order valence-electron chi connectivity index (χ1n) is 13.5. The number of fused-ring (bicyclic) bond motifs is 1. The summed E-state index contributed by atoms with van der Waals surface area (Å²) in [5.74, 6) is 3.35. The normalized spacial score (nSPS) is 19.1. The molecule has 3 aromatic carbocycles. The highest BCUT2D eigenvalue weighted by molar-refractivity contribution is 5.69. The van der Waals surface area contributed by atoms with E-state index in [0.29, 0.717) is 12.1 Å². The average Bonchev–Trinajstić information content (AvgIpc) is 3.40. The number of nitrogens with zero attached hydrogens (tertiary/aromatic N) is 1. The molecule has 0 saturated heterocycles. The number of aryl methyl sites for hydroxylation is 2. The lowest BCUT2D eigenvalue weighted by Gasteiger charge is -2.41. The van der Waals surface area contributed by atoms with Gasteiger partial charge in [-0.05, 0) is 64.8 Å². The molecule has 4 aromatic rings. The highest BCUT2D eigenvalue weighted by Gasteiger charge is 2.50. The van der Waals surface area contributed by atoms with Crippen LogP contribution in [0.2, 0.25) is 0 Å². The van der Waals surface area contributed by atoms with Crippen molar-refractivity contribution in [2.24, 2.45) is 0 Å². The van der Waals surface area contributed by atoms with Crippen molar-refractivity contribution in [1.82, 2.24) is 4.90 Å². The van der Waals surface area contributed by atoms with Gasteiger partial charge in [0.25, 0.3) is 0 Å².